The lowest BCUT2D eigenvalue weighted by molar-refractivity contribution is -0.145. The van der Waals surface area contributed by atoms with Crippen molar-refractivity contribution in [2.24, 2.45) is 5.73 Å². The molecule has 6 heteroatoms. The highest BCUT2D eigenvalue weighted by atomic mass is 35.5. The number of ether oxygens (including phenoxy) is 1. The van der Waals surface area contributed by atoms with Crippen molar-refractivity contribution in [1.29, 1.82) is 0 Å². The lowest BCUT2D eigenvalue weighted by Gasteiger charge is -2.09. The number of esters is 1. The summed E-state index contributed by atoms with van der Waals surface area (Å²) in [5.74, 6) is -0.449. The summed E-state index contributed by atoms with van der Waals surface area (Å²) in [5.41, 5.74) is 6.25. The Kier molecular flexibility index (Phi) is 5.12. The Labute approximate surface area is 104 Å². The Bertz CT molecular complexity index is 365. The highest BCUT2D eigenvalue weighted by molar-refractivity contribution is 6.32. The van der Waals surface area contributed by atoms with E-state index in [9.17, 15) is 4.79 Å². The van der Waals surface area contributed by atoms with E-state index in [1.54, 1.807) is 0 Å². The summed E-state index contributed by atoms with van der Waals surface area (Å²) in [4.78, 5) is 11.4. The molecule has 0 spiro atoms. The molecule has 0 saturated heterocycles. The second kappa shape index (κ2) is 6.13. The number of nitrogens with two attached hydrogens (primary N) is 1. The Balaban J connectivity index is 2.53. The SMILES string of the molecule is CCCOC(=O)C(N)Cc1cc(Cl)oc1Cl. The van der Waals surface area contributed by atoms with Gasteiger partial charge in [-0.2, -0.15) is 0 Å². The summed E-state index contributed by atoms with van der Waals surface area (Å²) in [6.45, 7) is 2.28. The molecule has 0 saturated carbocycles. The van der Waals surface area contributed by atoms with E-state index in [0.717, 1.165) is 6.42 Å². The predicted molar refractivity (Wildman–Crippen MR) is 61.7 cm³/mol. The third-order valence-corrected chi connectivity index (χ3v) is 2.42. The molecule has 4 nitrogen and oxygen atoms in total. The van der Waals surface area contributed by atoms with Gasteiger partial charge in [0.1, 0.15) is 6.04 Å². The summed E-state index contributed by atoms with van der Waals surface area (Å²) in [7, 11) is 0. The number of rotatable bonds is 5. The zero-order valence-corrected chi connectivity index (χ0v) is 10.3. The minimum atomic E-state index is -0.752. The Morgan fingerprint density at radius 1 is 1.62 bits per heavy atom. The Morgan fingerprint density at radius 2 is 2.31 bits per heavy atom. The van der Waals surface area contributed by atoms with E-state index < -0.39 is 12.0 Å². The van der Waals surface area contributed by atoms with Crippen LogP contribution in [0.4, 0.5) is 0 Å². The summed E-state index contributed by atoms with van der Waals surface area (Å²) in [6, 6.07) is 0.786. The highest BCUT2D eigenvalue weighted by Gasteiger charge is 2.19. The molecule has 16 heavy (non-hydrogen) atoms. The van der Waals surface area contributed by atoms with Crippen LogP contribution in [0.2, 0.25) is 10.4 Å². The number of hydrogen-bond donors (Lipinski definition) is 1. The van der Waals surface area contributed by atoms with Crippen LogP contribution >= 0.6 is 23.2 Å². The minimum Gasteiger partial charge on any atom is -0.465 e. The Morgan fingerprint density at radius 3 is 2.81 bits per heavy atom. The van der Waals surface area contributed by atoms with Crippen molar-refractivity contribution >= 4 is 29.2 Å². The fourth-order valence-corrected chi connectivity index (χ4v) is 1.61. The van der Waals surface area contributed by atoms with E-state index in [-0.39, 0.29) is 16.9 Å². The number of carbonyl (C=O) groups is 1. The van der Waals surface area contributed by atoms with E-state index >= 15 is 0 Å². The maximum Gasteiger partial charge on any atom is 0.323 e. The molecule has 1 rings (SSSR count). The smallest absolute Gasteiger partial charge is 0.323 e. The van der Waals surface area contributed by atoms with Gasteiger partial charge in [0, 0.05) is 18.1 Å². The molecular weight excluding hydrogens is 253 g/mol. The van der Waals surface area contributed by atoms with Gasteiger partial charge < -0.3 is 14.9 Å². The number of furan rings is 1. The molecular formula is C10H13Cl2NO3. The third-order valence-electron chi connectivity index (χ3n) is 1.92. The third kappa shape index (κ3) is 3.70. The van der Waals surface area contributed by atoms with Crippen LogP contribution in [0.25, 0.3) is 0 Å². The fourth-order valence-electron chi connectivity index (χ4n) is 1.14. The first kappa shape index (κ1) is 13.4. The van der Waals surface area contributed by atoms with Crippen LogP contribution < -0.4 is 5.73 Å². The topological polar surface area (TPSA) is 65.5 Å². The molecule has 0 amide bonds. The number of halogens is 2. The molecule has 1 aromatic rings. The van der Waals surface area contributed by atoms with Crippen LogP contribution in [-0.2, 0) is 16.0 Å². The molecule has 1 heterocycles. The molecule has 2 N–H and O–H groups in total. The van der Waals surface area contributed by atoms with Crippen molar-refractivity contribution in [1.82, 2.24) is 0 Å². The monoisotopic (exact) mass is 265 g/mol. The molecule has 1 atom stereocenters. The van der Waals surface area contributed by atoms with Gasteiger partial charge in [-0.1, -0.05) is 6.92 Å². The first-order chi connectivity index (χ1) is 7.54. The summed E-state index contributed by atoms with van der Waals surface area (Å²) < 4.78 is 9.80. The summed E-state index contributed by atoms with van der Waals surface area (Å²) in [5, 5.41) is 0.331. The molecule has 0 aliphatic carbocycles. The zero-order chi connectivity index (χ0) is 12.1. The molecule has 0 aliphatic heterocycles. The second-order valence-corrected chi connectivity index (χ2v) is 4.04. The van der Waals surface area contributed by atoms with Crippen molar-refractivity contribution in [2.45, 2.75) is 25.8 Å². The van der Waals surface area contributed by atoms with E-state index in [2.05, 4.69) is 0 Å². The van der Waals surface area contributed by atoms with E-state index in [4.69, 9.17) is 38.1 Å². The van der Waals surface area contributed by atoms with Crippen LogP contribution in [0.1, 0.15) is 18.9 Å². The lowest BCUT2D eigenvalue weighted by Crippen LogP contribution is -2.34. The number of carbonyl (C=O) groups excluding carboxylic acids is 1. The molecule has 1 aromatic heterocycles. The van der Waals surface area contributed by atoms with Crippen molar-refractivity contribution in [3.63, 3.8) is 0 Å². The summed E-state index contributed by atoms with van der Waals surface area (Å²) >= 11 is 11.3. The molecule has 0 aliphatic rings. The van der Waals surface area contributed by atoms with Gasteiger partial charge in [0.15, 0.2) is 10.4 Å². The van der Waals surface area contributed by atoms with Crippen LogP contribution in [0, 0.1) is 0 Å². The molecule has 0 radical (unpaired) electrons. The van der Waals surface area contributed by atoms with Crippen LogP contribution in [0.5, 0.6) is 0 Å². The second-order valence-electron chi connectivity index (χ2n) is 3.33. The molecule has 1 unspecified atom stereocenters. The Hall–Kier alpha value is -0.710. The van der Waals surface area contributed by atoms with E-state index in [1.807, 2.05) is 6.92 Å². The average Bonchev–Trinajstić information content (AvgIpc) is 2.53. The quantitative estimate of drug-likeness (QED) is 0.831. The van der Waals surface area contributed by atoms with Crippen molar-refractivity contribution in [3.8, 4) is 0 Å². The van der Waals surface area contributed by atoms with Gasteiger partial charge in [-0.15, -0.1) is 0 Å². The standard InChI is InChI=1S/C10H13Cl2NO3/c1-2-3-15-10(14)7(13)4-6-5-8(11)16-9(6)12/h5,7H,2-4,13H2,1H3. The van der Waals surface area contributed by atoms with E-state index in [0.29, 0.717) is 12.2 Å². The molecule has 0 bridgehead atoms. The normalized spacial score (nSPS) is 12.5. The maximum absolute atomic E-state index is 11.4. The highest BCUT2D eigenvalue weighted by Crippen LogP contribution is 2.25. The van der Waals surface area contributed by atoms with Crippen molar-refractivity contribution in [2.75, 3.05) is 6.61 Å². The first-order valence-corrected chi connectivity index (χ1v) is 5.66. The van der Waals surface area contributed by atoms with Crippen LogP contribution in [-0.4, -0.2) is 18.6 Å². The molecule has 90 valence electrons. The molecule has 0 aromatic carbocycles. The zero-order valence-electron chi connectivity index (χ0n) is 8.83. The van der Waals surface area contributed by atoms with Crippen molar-refractivity contribution in [3.05, 3.63) is 22.1 Å². The van der Waals surface area contributed by atoms with E-state index in [1.165, 1.54) is 6.07 Å². The predicted octanol–water partition coefficient (Wildman–Crippen LogP) is 2.41. The van der Waals surface area contributed by atoms with Gasteiger partial charge >= 0.3 is 5.97 Å². The van der Waals surface area contributed by atoms with Crippen LogP contribution in [0.15, 0.2) is 10.5 Å². The fraction of sp³-hybridized carbons (Fsp3) is 0.500. The summed E-state index contributed by atoms with van der Waals surface area (Å²) in [6.07, 6.45) is 1.01. The maximum atomic E-state index is 11.4. The van der Waals surface area contributed by atoms with Gasteiger partial charge in [0.05, 0.1) is 6.61 Å². The first-order valence-electron chi connectivity index (χ1n) is 4.90. The largest absolute Gasteiger partial charge is 0.465 e. The number of hydrogen-bond acceptors (Lipinski definition) is 4. The lowest BCUT2D eigenvalue weighted by atomic mass is 10.1. The minimum absolute atomic E-state index is 0.156. The van der Waals surface area contributed by atoms with Gasteiger partial charge in [-0.3, -0.25) is 4.79 Å². The van der Waals surface area contributed by atoms with Crippen LogP contribution in [0.3, 0.4) is 0 Å². The van der Waals surface area contributed by atoms with Gasteiger partial charge in [0.2, 0.25) is 0 Å². The van der Waals surface area contributed by atoms with Crippen molar-refractivity contribution < 1.29 is 13.9 Å². The van der Waals surface area contributed by atoms with Gasteiger partial charge in [-0.05, 0) is 29.6 Å². The average molecular weight is 266 g/mol. The van der Waals surface area contributed by atoms with Gasteiger partial charge in [0.25, 0.3) is 0 Å². The molecule has 0 fully saturated rings. The van der Waals surface area contributed by atoms with Gasteiger partial charge in [-0.25, -0.2) is 0 Å².